The minimum absolute atomic E-state index is 0.246. The molecule has 98 valence electrons. The highest BCUT2D eigenvalue weighted by atomic mass is 16.4. The summed E-state index contributed by atoms with van der Waals surface area (Å²) in [6.07, 6.45) is 2.55. The molecule has 1 heterocycles. The van der Waals surface area contributed by atoms with Gasteiger partial charge >= 0.3 is 5.97 Å². The number of carbonyl (C=O) groups is 1. The fraction of sp³-hybridized carbons (Fsp3) is 0.333. The zero-order chi connectivity index (χ0) is 13.6. The molecular formula is C15H16N2O2. The summed E-state index contributed by atoms with van der Waals surface area (Å²) < 4.78 is 0. The van der Waals surface area contributed by atoms with Crippen LogP contribution in [0, 0.1) is 5.41 Å². The van der Waals surface area contributed by atoms with Crippen molar-refractivity contribution < 1.29 is 9.90 Å². The van der Waals surface area contributed by atoms with E-state index in [9.17, 15) is 9.90 Å². The number of carboxylic acids is 1. The lowest BCUT2D eigenvalue weighted by atomic mass is 10.1. The molecule has 19 heavy (non-hydrogen) atoms. The second kappa shape index (κ2) is 3.95. The Morgan fingerprint density at radius 1 is 1.37 bits per heavy atom. The summed E-state index contributed by atoms with van der Waals surface area (Å²) in [6.45, 7) is 4.41. The maximum absolute atomic E-state index is 11.2. The van der Waals surface area contributed by atoms with Crippen molar-refractivity contribution in [3.05, 3.63) is 36.0 Å². The van der Waals surface area contributed by atoms with E-state index in [-0.39, 0.29) is 5.56 Å². The Morgan fingerprint density at radius 2 is 2.00 bits per heavy atom. The number of nitrogens with one attached hydrogen (secondary N) is 1. The molecule has 4 nitrogen and oxygen atoms in total. The van der Waals surface area contributed by atoms with Gasteiger partial charge in [-0.2, -0.15) is 0 Å². The number of fused-ring (bicyclic) bond motifs is 1. The van der Waals surface area contributed by atoms with Gasteiger partial charge in [-0.15, -0.1) is 0 Å². The topological polar surface area (TPSA) is 62.2 Å². The number of carboxylic acid groups (broad SMARTS) is 1. The fourth-order valence-corrected chi connectivity index (χ4v) is 2.36. The first-order chi connectivity index (χ1) is 8.99. The number of anilines is 1. The minimum atomic E-state index is -0.943. The first-order valence-corrected chi connectivity index (χ1v) is 6.36. The fourth-order valence-electron chi connectivity index (χ4n) is 2.36. The molecule has 4 heteroatoms. The Balaban J connectivity index is 2.07. The standard InChI is InChI=1S/C15H16N2O2/c1-15(2)7-12(15)17-13-10-6-4-3-5-9(10)11(8-16-13)14(18)19/h3-6,8,12H,7H2,1-2H3,(H,16,17)(H,18,19). The SMILES string of the molecule is CC1(C)CC1Nc1ncc(C(=O)O)c2ccccc12. The lowest BCUT2D eigenvalue weighted by Crippen LogP contribution is -2.11. The Morgan fingerprint density at radius 3 is 2.58 bits per heavy atom. The van der Waals surface area contributed by atoms with Crippen LogP contribution in [0.25, 0.3) is 10.8 Å². The van der Waals surface area contributed by atoms with Crippen LogP contribution in [0.4, 0.5) is 5.82 Å². The van der Waals surface area contributed by atoms with Crippen LogP contribution in [0.2, 0.25) is 0 Å². The predicted molar refractivity (Wildman–Crippen MR) is 74.5 cm³/mol. The molecule has 2 N–H and O–H groups in total. The van der Waals surface area contributed by atoms with E-state index in [1.807, 2.05) is 24.3 Å². The zero-order valence-corrected chi connectivity index (χ0v) is 11.0. The Hall–Kier alpha value is -2.10. The van der Waals surface area contributed by atoms with Crippen molar-refractivity contribution in [2.75, 3.05) is 5.32 Å². The highest BCUT2D eigenvalue weighted by Gasteiger charge is 2.46. The third kappa shape index (κ3) is 2.03. The van der Waals surface area contributed by atoms with Gasteiger partial charge < -0.3 is 10.4 Å². The van der Waals surface area contributed by atoms with Gasteiger partial charge in [-0.25, -0.2) is 9.78 Å². The number of hydrogen-bond donors (Lipinski definition) is 2. The smallest absolute Gasteiger partial charge is 0.337 e. The summed E-state index contributed by atoms with van der Waals surface area (Å²) in [5.41, 5.74) is 0.546. The largest absolute Gasteiger partial charge is 0.478 e. The summed E-state index contributed by atoms with van der Waals surface area (Å²) >= 11 is 0. The molecule has 1 unspecified atom stereocenters. The first kappa shape index (κ1) is 12.0. The van der Waals surface area contributed by atoms with Crippen molar-refractivity contribution >= 4 is 22.6 Å². The summed E-state index contributed by atoms with van der Waals surface area (Å²) in [5, 5.41) is 14.2. The monoisotopic (exact) mass is 256 g/mol. The summed E-state index contributed by atoms with van der Waals surface area (Å²) in [6, 6.07) is 7.90. The van der Waals surface area contributed by atoms with E-state index in [0.29, 0.717) is 11.5 Å². The molecule has 1 aromatic carbocycles. The number of nitrogens with zero attached hydrogens (tertiary/aromatic N) is 1. The third-order valence-electron chi connectivity index (χ3n) is 3.85. The second-order valence-corrected chi connectivity index (χ2v) is 5.76. The highest BCUT2D eigenvalue weighted by Crippen LogP contribution is 2.46. The van der Waals surface area contributed by atoms with E-state index in [1.165, 1.54) is 6.20 Å². The molecule has 1 saturated carbocycles. The molecule has 0 bridgehead atoms. The number of rotatable bonds is 3. The number of aromatic carboxylic acids is 1. The average Bonchev–Trinajstić information content (AvgIpc) is 2.96. The van der Waals surface area contributed by atoms with Gasteiger partial charge in [-0.1, -0.05) is 38.1 Å². The normalized spacial score (nSPS) is 20.2. The van der Waals surface area contributed by atoms with Gasteiger partial charge in [-0.3, -0.25) is 0 Å². The molecule has 0 saturated heterocycles. The molecule has 2 aromatic rings. The summed E-state index contributed by atoms with van der Waals surface area (Å²) in [7, 11) is 0. The Bertz CT molecular complexity index is 664. The molecule has 0 radical (unpaired) electrons. The van der Waals surface area contributed by atoms with Crippen LogP contribution in [-0.4, -0.2) is 22.1 Å². The van der Waals surface area contributed by atoms with Crippen molar-refractivity contribution in [2.45, 2.75) is 26.3 Å². The van der Waals surface area contributed by atoms with Gasteiger partial charge in [-0.05, 0) is 11.8 Å². The Labute approximate surface area is 111 Å². The van der Waals surface area contributed by atoms with Crippen molar-refractivity contribution in [2.24, 2.45) is 5.41 Å². The second-order valence-electron chi connectivity index (χ2n) is 5.76. The molecule has 1 aliphatic rings. The molecule has 0 amide bonds. The van der Waals surface area contributed by atoms with Crippen molar-refractivity contribution in [3.63, 3.8) is 0 Å². The number of hydrogen-bond acceptors (Lipinski definition) is 3. The highest BCUT2D eigenvalue weighted by molar-refractivity contribution is 6.06. The van der Waals surface area contributed by atoms with Crippen LogP contribution in [0.1, 0.15) is 30.6 Å². The van der Waals surface area contributed by atoms with Crippen molar-refractivity contribution in [3.8, 4) is 0 Å². The van der Waals surface area contributed by atoms with Crippen molar-refractivity contribution in [1.29, 1.82) is 0 Å². The van der Waals surface area contributed by atoms with Crippen LogP contribution >= 0.6 is 0 Å². The summed E-state index contributed by atoms with van der Waals surface area (Å²) in [4.78, 5) is 15.5. The van der Waals surface area contributed by atoms with Gasteiger partial charge in [0.15, 0.2) is 0 Å². The van der Waals surface area contributed by atoms with E-state index >= 15 is 0 Å². The number of benzene rings is 1. The minimum Gasteiger partial charge on any atom is -0.478 e. The average molecular weight is 256 g/mol. The molecular weight excluding hydrogens is 240 g/mol. The molecule has 3 rings (SSSR count). The van der Waals surface area contributed by atoms with Crippen molar-refractivity contribution in [1.82, 2.24) is 4.98 Å². The number of aromatic nitrogens is 1. The lowest BCUT2D eigenvalue weighted by Gasteiger charge is -2.11. The van der Waals surface area contributed by atoms with Crippen LogP contribution in [0.5, 0.6) is 0 Å². The van der Waals surface area contributed by atoms with E-state index in [4.69, 9.17) is 0 Å². The predicted octanol–water partition coefficient (Wildman–Crippen LogP) is 3.14. The van der Waals surface area contributed by atoms with Crippen LogP contribution in [0.3, 0.4) is 0 Å². The van der Waals surface area contributed by atoms with Gasteiger partial charge in [0.25, 0.3) is 0 Å². The van der Waals surface area contributed by atoms with E-state index < -0.39 is 5.97 Å². The quantitative estimate of drug-likeness (QED) is 0.885. The van der Waals surface area contributed by atoms with Gasteiger partial charge in [0.05, 0.1) is 5.56 Å². The molecule has 1 aromatic heterocycles. The van der Waals surface area contributed by atoms with E-state index in [0.717, 1.165) is 23.0 Å². The first-order valence-electron chi connectivity index (χ1n) is 6.36. The van der Waals surface area contributed by atoms with Crippen LogP contribution in [0.15, 0.2) is 30.5 Å². The maximum Gasteiger partial charge on any atom is 0.337 e. The number of pyridine rings is 1. The molecule has 0 spiro atoms. The van der Waals surface area contributed by atoms with Crippen LogP contribution in [-0.2, 0) is 0 Å². The zero-order valence-electron chi connectivity index (χ0n) is 11.0. The summed E-state index contributed by atoms with van der Waals surface area (Å²) in [5.74, 6) is -0.168. The molecule has 1 atom stereocenters. The van der Waals surface area contributed by atoms with Gasteiger partial charge in [0, 0.05) is 23.0 Å². The maximum atomic E-state index is 11.2. The molecule has 0 aliphatic heterocycles. The lowest BCUT2D eigenvalue weighted by molar-refractivity contribution is 0.0698. The van der Waals surface area contributed by atoms with Crippen LogP contribution < -0.4 is 5.32 Å². The van der Waals surface area contributed by atoms with E-state index in [1.54, 1.807) is 0 Å². The van der Waals surface area contributed by atoms with Gasteiger partial charge in [0.2, 0.25) is 0 Å². The van der Waals surface area contributed by atoms with E-state index in [2.05, 4.69) is 24.1 Å². The Kier molecular flexibility index (Phi) is 2.49. The molecule has 1 fully saturated rings. The third-order valence-corrected chi connectivity index (χ3v) is 3.85. The molecule has 1 aliphatic carbocycles. The van der Waals surface area contributed by atoms with Gasteiger partial charge in [0.1, 0.15) is 5.82 Å².